The van der Waals surface area contributed by atoms with Crippen LogP contribution in [0.1, 0.15) is 63.8 Å². The summed E-state index contributed by atoms with van der Waals surface area (Å²) in [5.41, 5.74) is 1.70. The molecule has 2 N–H and O–H groups in total. The number of carbonyl (C=O) groups is 4. The van der Waals surface area contributed by atoms with Crippen molar-refractivity contribution in [3.8, 4) is 0 Å². The summed E-state index contributed by atoms with van der Waals surface area (Å²) in [7, 11) is 0. The molecule has 0 spiro atoms. The molecule has 1 aliphatic rings. The van der Waals surface area contributed by atoms with Crippen LogP contribution >= 0.6 is 11.3 Å². The molecule has 1 fully saturated rings. The van der Waals surface area contributed by atoms with Crippen molar-refractivity contribution in [3.63, 3.8) is 0 Å². The Kier molecular flexibility index (Phi) is 7.61. The van der Waals surface area contributed by atoms with E-state index in [4.69, 9.17) is 13.9 Å². The predicted octanol–water partition coefficient (Wildman–Crippen LogP) is 4.05. The van der Waals surface area contributed by atoms with Gasteiger partial charge in [0.25, 0.3) is 11.8 Å². The number of ether oxygens (including phenoxy) is 2. The molecule has 2 amide bonds. The van der Waals surface area contributed by atoms with E-state index < -0.39 is 36.4 Å². The SMILES string of the molecule is CCOC(=O)c1c(C2CC2)csc1NC(=O)COC(=O)C(NC(=O)c1ccco1)c1ccccc1. The minimum Gasteiger partial charge on any atom is -0.462 e. The van der Waals surface area contributed by atoms with Crippen LogP contribution in [-0.4, -0.2) is 37.0 Å². The molecule has 1 unspecified atom stereocenters. The molecular formula is C25H24N2O7S. The monoisotopic (exact) mass is 496 g/mol. The van der Waals surface area contributed by atoms with Crippen molar-refractivity contribution in [2.24, 2.45) is 0 Å². The lowest BCUT2D eigenvalue weighted by molar-refractivity contribution is -0.149. The van der Waals surface area contributed by atoms with Crippen LogP contribution in [0, 0.1) is 0 Å². The molecule has 0 radical (unpaired) electrons. The largest absolute Gasteiger partial charge is 0.462 e. The molecule has 1 aliphatic carbocycles. The number of nitrogens with one attached hydrogen (secondary N) is 2. The Morgan fingerprint density at radius 2 is 1.86 bits per heavy atom. The van der Waals surface area contributed by atoms with Gasteiger partial charge in [-0.3, -0.25) is 9.59 Å². The molecule has 0 saturated heterocycles. The first-order chi connectivity index (χ1) is 17.0. The van der Waals surface area contributed by atoms with Gasteiger partial charge in [0.15, 0.2) is 18.4 Å². The van der Waals surface area contributed by atoms with Gasteiger partial charge in [0.1, 0.15) is 5.00 Å². The molecule has 3 aromatic rings. The Bertz CT molecular complexity index is 1200. The maximum atomic E-state index is 12.8. The third-order valence-corrected chi connectivity index (χ3v) is 6.22. The number of anilines is 1. The van der Waals surface area contributed by atoms with Crippen LogP contribution in [0.2, 0.25) is 0 Å². The van der Waals surface area contributed by atoms with Crippen LogP contribution in [-0.2, 0) is 19.1 Å². The molecule has 2 aromatic heterocycles. The van der Waals surface area contributed by atoms with E-state index >= 15 is 0 Å². The molecular weight excluding hydrogens is 472 g/mol. The molecule has 1 atom stereocenters. The van der Waals surface area contributed by atoms with Crippen molar-refractivity contribution in [2.75, 3.05) is 18.5 Å². The molecule has 1 aromatic carbocycles. The summed E-state index contributed by atoms with van der Waals surface area (Å²) in [6, 6.07) is 10.4. The molecule has 4 rings (SSSR count). The Balaban J connectivity index is 1.42. The van der Waals surface area contributed by atoms with Gasteiger partial charge >= 0.3 is 11.9 Å². The average Bonchev–Trinajstić information content (AvgIpc) is 3.38. The van der Waals surface area contributed by atoms with Gasteiger partial charge in [-0.25, -0.2) is 9.59 Å². The summed E-state index contributed by atoms with van der Waals surface area (Å²) in [6.45, 7) is 1.33. The highest BCUT2D eigenvalue weighted by atomic mass is 32.1. The van der Waals surface area contributed by atoms with Crippen LogP contribution in [0.25, 0.3) is 0 Å². The zero-order valence-corrected chi connectivity index (χ0v) is 19.8. The highest BCUT2D eigenvalue weighted by Crippen LogP contribution is 2.46. The summed E-state index contributed by atoms with van der Waals surface area (Å²) in [5.74, 6) is -2.20. The number of amides is 2. The minimum atomic E-state index is -1.15. The van der Waals surface area contributed by atoms with Gasteiger partial charge in [0.05, 0.1) is 18.4 Å². The van der Waals surface area contributed by atoms with Gasteiger partial charge in [-0.1, -0.05) is 30.3 Å². The Hall–Kier alpha value is -3.92. The van der Waals surface area contributed by atoms with E-state index in [9.17, 15) is 19.2 Å². The number of benzene rings is 1. The minimum absolute atomic E-state index is 0.0344. The zero-order chi connectivity index (χ0) is 24.8. The molecule has 9 nitrogen and oxygen atoms in total. The third kappa shape index (κ3) is 5.96. The van der Waals surface area contributed by atoms with Crippen molar-refractivity contribution >= 4 is 40.1 Å². The summed E-state index contributed by atoms with van der Waals surface area (Å²) < 4.78 is 15.5. The molecule has 10 heteroatoms. The Labute approximate surface area is 205 Å². The zero-order valence-electron chi connectivity index (χ0n) is 18.9. The fraction of sp³-hybridized carbons (Fsp3) is 0.280. The summed E-state index contributed by atoms with van der Waals surface area (Å²) in [5, 5.41) is 7.43. The fourth-order valence-electron chi connectivity index (χ4n) is 3.49. The van der Waals surface area contributed by atoms with Gasteiger partial charge in [0.2, 0.25) is 0 Å². The van der Waals surface area contributed by atoms with Crippen LogP contribution in [0.4, 0.5) is 5.00 Å². The first-order valence-corrected chi connectivity index (χ1v) is 12.0. The number of esters is 2. The van der Waals surface area contributed by atoms with Gasteiger partial charge in [0, 0.05) is 0 Å². The van der Waals surface area contributed by atoms with Crippen molar-refractivity contribution in [2.45, 2.75) is 31.7 Å². The Morgan fingerprint density at radius 1 is 1.09 bits per heavy atom. The van der Waals surface area contributed by atoms with E-state index in [-0.39, 0.29) is 12.4 Å². The topological polar surface area (TPSA) is 124 Å². The Morgan fingerprint density at radius 3 is 2.51 bits per heavy atom. The van der Waals surface area contributed by atoms with Crippen LogP contribution < -0.4 is 10.6 Å². The van der Waals surface area contributed by atoms with Gasteiger partial charge in [-0.15, -0.1) is 11.3 Å². The summed E-state index contributed by atoms with van der Waals surface area (Å²) >= 11 is 1.23. The predicted molar refractivity (Wildman–Crippen MR) is 127 cm³/mol. The van der Waals surface area contributed by atoms with Gasteiger partial charge < -0.3 is 24.5 Å². The van der Waals surface area contributed by atoms with Gasteiger partial charge in [-0.2, -0.15) is 0 Å². The van der Waals surface area contributed by atoms with E-state index in [0.29, 0.717) is 22.0 Å². The maximum absolute atomic E-state index is 12.8. The lowest BCUT2D eigenvalue weighted by atomic mass is 10.1. The van der Waals surface area contributed by atoms with Crippen molar-refractivity contribution in [1.29, 1.82) is 0 Å². The number of thiophene rings is 1. The second-order valence-electron chi connectivity index (χ2n) is 7.84. The molecule has 0 aliphatic heterocycles. The molecule has 35 heavy (non-hydrogen) atoms. The normalized spacial score (nSPS) is 13.5. The number of hydrogen-bond acceptors (Lipinski definition) is 8. The van der Waals surface area contributed by atoms with E-state index in [2.05, 4.69) is 10.6 Å². The van der Waals surface area contributed by atoms with Crippen LogP contribution in [0.5, 0.6) is 0 Å². The number of furan rings is 1. The number of rotatable bonds is 10. The average molecular weight is 497 g/mol. The number of carbonyl (C=O) groups excluding carboxylic acids is 4. The van der Waals surface area contributed by atoms with Crippen LogP contribution in [0.15, 0.2) is 58.5 Å². The van der Waals surface area contributed by atoms with E-state index in [1.165, 1.54) is 23.7 Å². The molecule has 1 saturated carbocycles. The summed E-state index contributed by atoms with van der Waals surface area (Å²) in [6.07, 6.45) is 3.32. The first-order valence-electron chi connectivity index (χ1n) is 11.1. The van der Waals surface area contributed by atoms with Crippen LogP contribution in [0.3, 0.4) is 0 Å². The highest BCUT2D eigenvalue weighted by Gasteiger charge is 2.32. The molecule has 2 heterocycles. The lowest BCUT2D eigenvalue weighted by Crippen LogP contribution is -2.36. The lowest BCUT2D eigenvalue weighted by Gasteiger charge is -2.17. The maximum Gasteiger partial charge on any atom is 0.341 e. The number of hydrogen-bond donors (Lipinski definition) is 2. The standard InChI is InChI=1S/C25H24N2O7S/c1-2-32-24(30)20-17(15-10-11-15)14-35-23(20)26-19(28)13-34-25(31)21(16-7-4-3-5-8-16)27-22(29)18-9-6-12-33-18/h3-9,12,14-15,21H,2,10-11,13H2,1H3,(H,26,28)(H,27,29). The molecule has 0 bridgehead atoms. The summed E-state index contributed by atoms with van der Waals surface area (Å²) in [4.78, 5) is 50.4. The van der Waals surface area contributed by atoms with E-state index in [0.717, 1.165) is 18.4 Å². The van der Waals surface area contributed by atoms with Gasteiger partial charge in [-0.05, 0) is 54.3 Å². The third-order valence-electron chi connectivity index (χ3n) is 5.30. The van der Waals surface area contributed by atoms with E-state index in [1.807, 2.05) is 5.38 Å². The van der Waals surface area contributed by atoms with E-state index in [1.54, 1.807) is 43.3 Å². The molecule has 182 valence electrons. The first kappa shape index (κ1) is 24.2. The quantitative estimate of drug-likeness (QED) is 0.406. The second-order valence-corrected chi connectivity index (χ2v) is 8.72. The van der Waals surface area contributed by atoms with Crippen molar-refractivity contribution < 1.29 is 33.1 Å². The van der Waals surface area contributed by atoms with Crippen molar-refractivity contribution in [3.05, 3.63) is 76.6 Å². The smallest absolute Gasteiger partial charge is 0.341 e. The van der Waals surface area contributed by atoms with Crippen molar-refractivity contribution in [1.82, 2.24) is 5.32 Å². The highest BCUT2D eigenvalue weighted by molar-refractivity contribution is 7.15. The second kappa shape index (κ2) is 11.0. The fourth-order valence-corrected chi connectivity index (χ4v) is 4.54.